The molecule has 1 rings (SSSR count). The van der Waals surface area contributed by atoms with Gasteiger partial charge in [0, 0.05) is 19.7 Å². The fraction of sp³-hybridized carbons (Fsp3) is 0.632. The van der Waals surface area contributed by atoms with Crippen LogP contribution in [0.15, 0.2) is 29.3 Å². The summed E-state index contributed by atoms with van der Waals surface area (Å²) >= 11 is 0. The average molecular weight is 353 g/mol. The van der Waals surface area contributed by atoms with Crippen LogP contribution in [-0.2, 0) is 4.74 Å². The van der Waals surface area contributed by atoms with E-state index in [1.54, 1.807) is 12.1 Å². The normalized spacial score (nSPS) is 14.4. The van der Waals surface area contributed by atoms with Gasteiger partial charge in [-0.1, -0.05) is 26.0 Å². The molecule has 0 aliphatic rings. The van der Waals surface area contributed by atoms with Crippen LogP contribution in [0.25, 0.3) is 0 Å². The minimum atomic E-state index is -0.761. The third-order valence-corrected chi connectivity index (χ3v) is 3.87. The molecule has 0 aliphatic heterocycles. The molecular weight excluding hydrogens is 321 g/mol. The van der Waals surface area contributed by atoms with Crippen molar-refractivity contribution in [2.45, 2.75) is 46.3 Å². The zero-order valence-electron chi connectivity index (χ0n) is 15.8. The summed E-state index contributed by atoms with van der Waals surface area (Å²) < 4.78 is 18.7. The number of hydrogen-bond donors (Lipinski definition) is 3. The summed E-state index contributed by atoms with van der Waals surface area (Å²) in [5.74, 6) is 0.799. The molecule has 0 aromatic heterocycles. The molecule has 0 spiro atoms. The first-order chi connectivity index (χ1) is 12.0. The van der Waals surface area contributed by atoms with Crippen LogP contribution in [0, 0.1) is 11.7 Å². The highest BCUT2D eigenvalue weighted by Gasteiger charge is 2.13. The van der Waals surface area contributed by atoms with E-state index in [0.29, 0.717) is 24.0 Å². The average Bonchev–Trinajstić information content (AvgIpc) is 2.59. The number of guanidine groups is 1. The van der Waals surface area contributed by atoms with E-state index in [9.17, 15) is 9.50 Å². The molecule has 1 aromatic rings. The molecule has 0 aliphatic carbocycles. The summed E-state index contributed by atoms with van der Waals surface area (Å²) in [5, 5.41) is 16.6. The lowest BCUT2D eigenvalue weighted by molar-refractivity contribution is 0.0258. The number of halogens is 1. The number of nitrogens with one attached hydrogen (secondary N) is 2. The fourth-order valence-electron chi connectivity index (χ4n) is 2.47. The van der Waals surface area contributed by atoms with E-state index in [4.69, 9.17) is 4.74 Å². The molecule has 0 heterocycles. The van der Waals surface area contributed by atoms with Crippen molar-refractivity contribution in [2.75, 3.05) is 26.2 Å². The summed E-state index contributed by atoms with van der Waals surface area (Å²) in [5.41, 5.74) is 0.650. The number of ether oxygens (including phenoxy) is 1. The standard InChI is InChI=1S/C19H32FN3O2/c1-5-21-19(22-12-11-18(14(3)4)25-6-2)23-13-17(24)15-7-9-16(20)10-8-15/h7-10,14,17-18,24H,5-6,11-13H2,1-4H3,(H2,21,22,23). The zero-order chi connectivity index (χ0) is 18.7. The molecule has 25 heavy (non-hydrogen) atoms. The van der Waals surface area contributed by atoms with E-state index in [1.165, 1.54) is 12.1 Å². The molecule has 0 fully saturated rings. The SMILES string of the molecule is CCNC(=NCC(O)c1ccc(F)cc1)NCCC(OCC)C(C)C. The van der Waals surface area contributed by atoms with Crippen LogP contribution in [0.5, 0.6) is 0 Å². The Morgan fingerprint density at radius 3 is 2.44 bits per heavy atom. The summed E-state index contributed by atoms with van der Waals surface area (Å²) in [6.45, 7) is 10.7. The lowest BCUT2D eigenvalue weighted by Crippen LogP contribution is -2.39. The number of nitrogens with zero attached hydrogens (tertiary/aromatic N) is 1. The largest absolute Gasteiger partial charge is 0.386 e. The van der Waals surface area contributed by atoms with Crippen molar-refractivity contribution in [3.63, 3.8) is 0 Å². The Bertz CT molecular complexity index is 506. The van der Waals surface area contributed by atoms with Gasteiger partial charge in [0.1, 0.15) is 5.82 Å². The number of aliphatic hydroxyl groups excluding tert-OH is 1. The lowest BCUT2D eigenvalue weighted by Gasteiger charge is -2.21. The van der Waals surface area contributed by atoms with Gasteiger partial charge in [0.05, 0.1) is 18.8 Å². The van der Waals surface area contributed by atoms with Crippen LogP contribution in [0.2, 0.25) is 0 Å². The van der Waals surface area contributed by atoms with E-state index < -0.39 is 6.10 Å². The first-order valence-corrected chi connectivity index (χ1v) is 9.05. The maximum Gasteiger partial charge on any atom is 0.191 e. The Morgan fingerprint density at radius 2 is 1.88 bits per heavy atom. The van der Waals surface area contributed by atoms with Crippen molar-refractivity contribution < 1.29 is 14.2 Å². The highest BCUT2D eigenvalue weighted by Crippen LogP contribution is 2.13. The molecule has 0 amide bonds. The third kappa shape index (κ3) is 8.31. The van der Waals surface area contributed by atoms with E-state index in [-0.39, 0.29) is 18.5 Å². The molecule has 0 saturated heterocycles. The van der Waals surface area contributed by atoms with Gasteiger partial charge in [-0.25, -0.2) is 4.39 Å². The molecule has 1 aromatic carbocycles. The minimum Gasteiger partial charge on any atom is -0.386 e. The Balaban J connectivity index is 2.53. The molecule has 3 N–H and O–H groups in total. The maximum absolute atomic E-state index is 12.9. The molecule has 2 unspecified atom stereocenters. The highest BCUT2D eigenvalue weighted by atomic mass is 19.1. The number of rotatable bonds is 10. The predicted molar refractivity (Wildman–Crippen MR) is 100 cm³/mol. The van der Waals surface area contributed by atoms with Gasteiger partial charge in [-0.2, -0.15) is 0 Å². The van der Waals surface area contributed by atoms with Crippen LogP contribution < -0.4 is 10.6 Å². The van der Waals surface area contributed by atoms with Gasteiger partial charge in [0.25, 0.3) is 0 Å². The van der Waals surface area contributed by atoms with Crippen molar-refractivity contribution >= 4 is 5.96 Å². The second kappa shape index (κ2) is 11.8. The molecule has 2 atom stereocenters. The van der Waals surface area contributed by atoms with Crippen molar-refractivity contribution in [2.24, 2.45) is 10.9 Å². The van der Waals surface area contributed by atoms with Gasteiger partial charge in [-0.15, -0.1) is 0 Å². The van der Waals surface area contributed by atoms with Crippen LogP contribution >= 0.6 is 0 Å². The second-order valence-electron chi connectivity index (χ2n) is 6.24. The Hall–Kier alpha value is -1.66. The van der Waals surface area contributed by atoms with E-state index in [1.807, 2.05) is 13.8 Å². The van der Waals surface area contributed by atoms with E-state index in [2.05, 4.69) is 29.5 Å². The molecular formula is C19H32FN3O2. The van der Waals surface area contributed by atoms with Gasteiger partial charge in [-0.3, -0.25) is 4.99 Å². The van der Waals surface area contributed by atoms with Crippen molar-refractivity contribution in [1.29, 1.82) is 0 Å². The summed E-state index contributed by atoms with van der Waals surface area (Å²) in [4.78, 5) is 4.41. The van der Waals surface area contributed by atoms with Crippen LogP contribution in [-0.4, -0.2) is 43.4 Å². The van der Waals surface area contributed by atoms with Gasteiger partial charge in [0.2, 0.25) is 0 Å². The van der Waals surface area contributed by atoms with Gasteiger partial charge >= 0.3 is 0 Å². The predicted octanol–water partition coefficient (Wildman–Crippen LogP) is 2.87. The van der Waals surface area contributed by atoms with Crippen molar-refractivity contribution in [3.05, 3.63) is 35.6 Å². The third-order valence-electron chi connectivity index (χ3n) is 3.87. The second-order valence-corrected chi connectivity index (χ2v) is 6.24. The first-order valence-electron chi connectivity index (χ1n) is 9.05. The molecule has 6 heteroatoms. The van der Waals surface area contributed by atoms with Gasteiger partial charge < -0.3 is 20.5 Å². The van der Waals surface area contributed by atoms with Crippen LogP contribution in [0.4, 0.5) is 4.39 Å². The van der Waals surface area contributed by atoms with E-state index in [0.717, 1.165) is 19.5 Å². The zero-order valence-corrected chi connectivity index (χ0v) is 15.8. The summed E-state index contributed by atoms with van der Waals surface area (Å²) in [6, 6.07) is 5.83. The van der Waals surface area contributed by atoms with Crippen molar-refractivity contribution in [3.8, 4) is 0 Å². The number of hydrogen-bond acceptors (Lipinski definition) is 3. The molecule has 0 radical (unpaired) electrons. The smallest absolute Gasteiger partial charge is 0.191 e. The summed E-state index contributed by atoms with van der Waals surface area (Å²) in [6.07, 6.45) is 0.337. The number of aliphatic hydroxyl groups is 1. The Labute approximate surface area is 150 Å². The van der Waals surface area contributed by atoms with Crippen molar-refractivity contribution in [1.82, 2.24) is 10.6 Å². The quantitative estimate of drug-likeness (QED) is 0.447. The number of benzene rings is 1. The maximum atomic E-state index is 12.9. The lowest BCUT2D eigenvalue weighted by atomic mass is 10.0. The van der Waals surface area contributed by atoms with Gasteiger partial charge in [-0.05, 0) is 43.9 Å². The van der Waals surface area contributed by atoms with Crippen LogP contribution in [0.1, 0.15) is 45.8 Å². The Kier molecular flexibility index (Phi) is 10.1. The van der Waals surface area contributed by atoms with Crippen LogP contribution in [0.3, 0.4) is 0 Å². The Morgan fingerprint density at radius 1 is 1.20 bits per heavy atom. The highest BCUT2D eigenvalue weighted by molar-refractivity contribution is 5.79. The minimum absolute atomic E-state index is 0.208. The first kappa shape index (κ1) is 21.4. The monoisotopic (exact) mass is 353 g/mol. The molecule has 5 nitrogen and oxygen atoms in total. The molecule has 142 valence electrons. The van der Waals surface area contributed by atoms with Gasteiger partial charge in [0.15, 0.2) is 5.96 Å². The topological polar surface area (TPSA) is 65.9 Å². The molecule has 0 saturated carbocycles. The fourth-order valence-corrected chi connectivity index (χ4v) is 2.47. The number of aliphatic imine (C=N–C) groups is 1. The van der Waals surface area contributed by atoms with E-state index >= 15 is 0 Å². The summed E-state index contributed by atoms with van der Waals surface area (Å²) in [7, 11) is 0. The molecule has 0 bridgehead atoms.